The molecule has 2 aromatic carbocycles. The van der Waals surface area contributed by atoms with Crippen LogP contribution in [0.2, 0.25) is 0 Å². The number of pyridine rings is 1. The topological polar surface area (TPSA) is 116 Å². The fourth-order valence-electron chi connectivity index (χ4n) is 5.38. The van der Waals surface area contributed by atoms with E-state index in [0.29, 0.717) is 37.7 Å². The van der Waals surface area contributed by atoms with Gasteiger partial charge in [-0.2, -0.15) is 0 Å². The van der Waals surface area contributed by atoms with Crippen molar-refractivity contribution >= 4 is 35.0 Å². The van der Waals surface area contributed by atoms with Crippen LogP contribution < -0.4 is 20.7 Å². The van der Waals surface area contributed by atoms with Crippen LogP contribution in [-0.2, 0) is 9.59 Å². The van der Waals surface area contributed by atoms with Crippen LogP contribution >= 0.6 is 0 Å². The lowest BCUT2D eigenvalue weighted by atomic mass is 10.00. The first-order chi connectivity index (χ1) is 20.8. The number of nitrogens with zero attached hydrogens (tertiary/aromatic N) is 3. The van der Waals surface area contributed by atoms with Crippen LogP contribution in [0.25, 0.3) is 0 Å². The predicted octanol–water partition coefficient (Wildman–Crippen LogP) is 5.21. The number of carbonyl (C=O) groups is 3. The first-order valence-corrected chi connectivity index (χ1v) is 14.4. The number of amides is 4. The van der Waals surface area contributed by atoms with E-state index in [1.54, 1.807) is 11.0 Å². The van der Waals surface area contributed by atoms with Crippen molar-refractivity contribution in [3.63, 3.8) is 0 Å². The Morgan fingerprint density at radius 1 is 0.837 bits per heavy atom. The molecule has 0 atom stereocenters. The Kier molecular flexibility index (Phi) is 7.94. The molecule has 1 saturated carbocycles. The Morgan fingerprint density at radius 2 is 1.51 bits per heavy atom. The van der Waals surface area contributed by atoms with Crippen molar-refractivity contribution in [1.29, 1.82) is 0 Å². The second-order valence-electron chi connectivity index (χ2n) is 11.2. The van der Waals surface area contributed by atoms with Gasteiger partial charge in [-0.25, -0.2) is 18.6 Å². The van der Waals surface area contributed by atoms with Gasteiger partial charge in [0.15, 0.2) is 11.6 Å². The minimum atomic E-state index is -1.28. The molecule has 3 aromatic rings. The van der Waals surface area contributed by atoms with E-state index < -0.39 is 28.9 Å². The molecule has 2 aliphatic heterocycles. The maximum Gasteiger partial charge on any atom is 0.323 e. The fraction of sp³-hybridized carbons (Fsp3) is 0.355. The molecular weight excluding hydrogens is 558 g/mol. The van der Waals surface area contributed by atoms with E-state index in [4.69, 9.17) is 4.74 Å². The van der Waals surface area contributed by atoms with Crippen LogP contribution in [0.15, 0.2) is 60.8 Å². The molecule has 3 heterocycles. The summed E-state index contributed by atoms with van der Waals surface area (Å²) < 4.78 is 33.8. The predicted molar refractivity (Wildman–Crippen MR) is 156 cm³/mol. The molecule has 12 heteroatoms. The lowest BCUT2D eigenvalue weighted by Gasteiger charge is -2.42. The Hall–Kier alpha value is -4.58. The summed E-state index contributed by atoms with van der Waals surface area (Å²) in [6.07, 6.45) is 5.28. The number of rotatable bonds is 8. The number of hydrogen-bond donors (Lipinski definition) is 3. The Bertz CT molecular complexity index is 1520. The number of anilines is 3. The number of ether oxygens (including phenoxy) is 1. The van der Waals surface area contributed by atoms with Gasteiger partial charge in [0.2, 0.25) is 11.8 Å². The molecule has 43 heavy (non-hydrogen) atoms. The summed E-state index contributed by atoms with van der Waals surface area (Å²) >= 11 is 0. The molecule has 1 aromatic heterocycles. The Balaban J connectivity index is 1.03. The first kappa shape index (κ1) is 28.5. The van der Waals surface area contributed by atoms with Crippen molar-refractivity contribution in [2.45, 2.75) is 38.1 Å². The standard InChI is InChI=1S/C31H32F2N6O4/c32-20-2-4-21(5-3-20)35-28(40)31(11-12-31)29(41)36-22-6-7-26(25(33)18-22)43-24-8-13-34-27(19-24)37-30(42)39-16-9-23(10-17-39)38-14-1-15-38/h2-8,13,18-19,23H,1,9-12,14-17H2,(H,35,40)(H,36,41)(H,34,37,42). The zero-order chi connectivity index (χ0) is 30.0. The summed E-state index contributed by atoms with van der Waals surface area (Å²) in [5, 5.41) is 8.04. The monoisotopic (exact) mass is 590 g/mol. The molecule has 3 aliphatic rings. The van der Waals surface area contributed by atoms with Crippen molar-refractivity contribution in [2.24, 2.45) is 5.41 Å². The van der Waals surface area contributed by atoms with Gasteiger partial charge in [-0.1, -0.05) is 0 Å². The van der Waals surface area contributed by atoms with E-state index >= 15 is 0 Å². The molecule has 0 unspecified atom stereocenters. The average Bonchev–Trinajstić information content (AvgIpc) is 3.78. The number of piperidine rings is 1. The van der Waals surface area contributed by atoms with Gasteiger partial charge in [-0.15, -0.1) is 0 Å². The second-order valence-corrected chi connectivity index (χ2v) is 11.2. The molecule has 0 bridgehead atoms. The number of urea groups is 1. The van der Waals surface area contributed by atoms with Crippen LogP contribution in [0.5, 0.6) is 11.5 Å². The van der Waals surface area contributed by atoms with Crippen molar-refractivity contribution in [3.05, 3.63) is 72.4 Å². The minimum absolute atomic E-state index is 0.0928. The fourth-order valence-corrected chi connectivity index (χ4v) is 5.38. The number of halogens is 2. The first-order valence-electron chi connectivity index (χ1n) is 14.4. The minimum Gasteiger partial charge on any atom is -0.454 e. The van der Waals surface area contributed by atoms with Crippen molar-refractivity contribution in [3.8, 4) is 11.5 Å². The van der Waals surface area contributed by atoms with E-state index in [-0.39, 0.29) is 29.0 Å². The summed E-state index contributed by atoms with van der Waals surface area (Å²) in [6, 6.07) is 12.5. The highest BCUT2D eigenvalue weighted by atomic mass is 19.1. The zero-order valence-electron chi connectivity index (χ0n) is 23.4. The molecule has 1 aliphatic carbocycles. The van der Waals surface area contributed by atoms with E-state index in [0.717, 1.165) is 32.0 Å². The molecule has 4 amide bonds. The summed E-state index contributed by atoms with van der Waals surface area (Å²) in [5.74, 6) is -1.77. The molecule has 0 spiro atoms. The van der Waals surface area contributed by atoms with Gasteiger partial charge in [0, 0.05) is 48.8 Å². The molecule has 3 fully saturated rings. The van der Waals surface area contributed by atoms with E-state index in [9.17, 15) is 23.2 Å². The van der Waals surface area contributed by atoms with Crippen molar-refractivity contribution in [1.82, 2.24) is 14.8 Å². The highest BCUT2D eigenvalue weighted by Crippen LogP contribution is 2.47. The quantitative estimate of drug-likeness (QED) is 0.310. The third-order valence-electron chi connectivity index (χ3n) is 8.26. The number of aromatic nitrogens is 1. The Labute approximate surface area is 247 Å². The van der Waals surface area contributed by atoms with Crippen LogP contribution in [0.1, 0.15) is 32.1 Å². The van der Waals surface area contributed by atoms with Gasteiger partial charge in [0.1, 0.15) is 22.8 Å². The average molecular weight is 591 g/mol. The molecule has 10 nitrogen and oxygen atoms in total. The Morgan fingerprint density at radius 3 is 2.14 bits per heavy atom. The van der Waals surface area contributed by atoms with Gasteiger partial charge >= 0.3 is 6.03 Å². The van der Waals surface area contributed by atoms with E-state index in [1.807, 2.05) is 0 Å². The molecule has 6 rings (SSSR count). The number of nitrogens with one attached hydrogen (secondary N) is 3. The normalized spacial score (nSPS) is 17.9. The van der Waals surface area contributed by atoms with Crippen LogP contribution in [-0.4, -0.2) is 64.9 Å². The number of carbonyl (C=O) groups excluding carboxylic acids is 3. The number of hydrogen-bond acceptors (Lipinski definition) is 6. The molecule has 3 N–H and O–H groups in total. The third kappa shape index (κ3) is 6.43. The maximum absolute atomic E-state index is 15.0. The highest BCUT2D eigenvalue weighted by Gasteiger charge is 2.56. The number of benzene rings is 2. The van der Waals surface area contributed by atoms with E-state index in [1.165, 1.54) is 55.1 Å². The highest BCUT2D eigenvalue weighted by molar-refractivity contribution is 6.16. The van der Waals surface area contributed by atoms with Crippen LogP contribution in [0.4, 0.5) is 30.8 Å². The summed E-state index contributed by atoms with van der Waals surface area (Å²) in [6.45, 7) is 3.64. The molecule has 0 radical (unpaired) electrons. The SMILES string of the molecule is O=C(Nc1cc(Oc2ccc(NC(=O)C3(C(=O)Nc4ccc(F)cc4)CC3)cc2F)ccn1)N1CCC(N2CCC2)CC1. The largest absolute Gasteiger partial charge is 0.454 e. The van der Waals surface area contributed by atoms with Gasteiger partial charge in [0.05, 0.1) is 0 Å². The lowest BCUT2D eigenvalue weighted by Crippen LogP contribution is -2.51. The third-order valence-corrected chi connectivity index (χ3v) is 8.26. The van der Waals surface area contributed by atoms with Gasteiger partial charge in [-0.3, -0.25) is 14.9 Å². The van der Waals surface area contributed by atoms with Gasteiger partial charge in [-0.05, 0) is 87.7 Å². The van der Waals surface area contributed by atoms with Crippen LogP contribution in [0, 0.1) is 17.0 Å². The summed E-state index contributed by atoms with van der Waals surface area (Å²) in [7, 11) is 0. The van der Waals surface area contributed by atoms with Crippen LogP contribution in [0.3, 0.4) is 0 Å². The molecular formula is C31H32F2N6O4. The van der Waals surface area contributed by atoms with Crippen molar-refractivity contribution < 1.29 is 27.9 Å². The second kappa shape index (κ2) is 12.0. The number of likely N-dealkylation sites (tertiary alicyclic amines) is 2. The lowest BCUT2D eigenvalue weighted by molar-refractivity contribution is -0.131. The van der Waals surface area contributed by atoms with Gasteiger partial charge in [0.25, 0.3) is 0 Å². The van der Waals surface area contributed by atoms with E-state index in [2.05, 4.69) is 25.8 Å². The maximum atomic E-state index is 15.0. The zero-order valence-corrected chi connectivity index (χ0v) is 23.4. The smallest absolute Gasteiger partial charge is 0.323 e. The van der Waals surface area contributed by atoms with Crippen molar-refractivity contribution in [2.75, 3.05) is 42.1 Å². The molecule has 224 valence electrons. The molecule has 2 saturated heterocycles. The summed E-state index contributed by atoms with van der Waals surface area (Å²) in [5.41, 5.74) is -0.738. The van der Waals surface area contributed by atoms with Gasteiger partial charge < -0.3 is 25.2 Å². The summed E-state index contributed by atoms with van der Waals surface area (Å²) in [4.78, 5) is 46.9.